The lowest BCUT2D eigenvalue weighted by molar-refractivity contribution is 0.101. The Hall–Kier alpha value is -1.83. The molecule has 0 radical (unpaired) electrons. The van der Waals surface area contributed by atoms with E-state index in [1.165, 1.54) is 18.7 Å². The number of nitrogens with one attached hydrogen (secondary N) is 2. The summed E-state index contributed by atoms with van der Waals surface area (Å²) in [5.41, 5.74) is 0.489. The van der Waals surface area contributed by atoms with E-state index in [1.807, 2.05) is 6.26 Å². The van der Waals surface area contributed by atoms with Crippen molar-refractivity contribution in [3.05, 3.63) is 11.8 Å². The summed E-state index contributed by atoms with van der Waals surface area (Å²) in [6.45, 7) is 1.50. The van der Waals surface area contributed by atoms with Crippen molar-refractivity contribution >= 4 is 29.5 Å². The Balaban J connectivity index is 2.02. The third-order valence-electron chi connectivity index (χ3n) is 3.72. The fourth-order valence-electron chi connectivity index (χ4n) is 2.58. The molecule has 1 aliphatic rings. The predicted octanol–water partition coefficient (Wildman–Crippen LogP) is 2.39. The molecule has 1 aliphatic carbocycles. The second-order valence-electron chi connectivity index (χ2n) is 5.32. The van der Waals surface area contributed by atoms with Crippen LogP contribution in [0.4, 0.5) is 10.6 Å². The zero-order chi connectivity index (χ0) is 16.1. The smallest absolute Gasteiger partial charge is 0.404 e. The number of carbonyl (C=O) groups excluding carboxylic acids is 1. The third-order valence-corrected chi connectivity index (χ3v) is 4.29. The second-order valence-corrected chi connectivity index (χ2v) is 6.09. The Kier molecular flexibility index (Phi) is 5.59. The van der Waals surface area contributed by atoms with Gasteiger partial charge >= 0.3 is 6.09 Å². The number of ketones is 1. The van der Waals surface area contributed by atoms with Crippen molar-refractivity contribution in [1.29, 1.82) is 0 Å². The van der Waals surface area contributed by atoms with Crippen molar-refractivity contribution in [1.82, 2.24) is 15.3 Å². The maximum Gasteiger partial charge on any atom is 0.404 e. The van der Waals surface area contributed by atoms with E-state index in [-0.39, 0.29) is 17.9 Å². The molecule has 3 N–H and O–H groups in total. The molecule has 120 valence electrons. The van der Waals surface area contributed by atoms with Gasteiger partial charge < -0.3 is 15.7 Å². The largest absolute Gasteiger partial charge is 0.465 e. The minimum Gasteiger partial charge on any atom is -0.465 e. The summed E-state index contributed by atoms with van der Waals surface area (Å²) in [7, 11) is 0. The predicted molar refractivity (Wildman–Crippen MR) is 84.6 cm³/mol. The van der Waals surface area contributed by atoms with Crippen LogP contribution < -0.4 is 10.6 Å². The number of rotatable bonds is 5. The van der Waals surface area contributed by atoms with Crippen LogP contribution in [0, 0.1) is 0 Å². The summed E-state index contributed by atoms with van der Waals surface area (Å²) < 4.78 is 0. The van der Waals surface area contributed by atoms with Crippen molar-refractivity contribution in [2.45, 2.75) is 49.8 Å². The van der Waals surface area contributed by atoms with Crippen LogP contribution in [0.25, 0.3) is 0 Å². The quantitative estimate of drug-likeness (QED) is 0.434. The van der Waals surface area contributed by atoms with Gasteiger partial charge in [0.25, 0.3) is 0 Å². The topological polar surface area (TPSA) is 104 Å². The highest BCUT2D eigenvalue weighted by molar-refractivity contribution is 7.98. The molecule has 22 heavy (non-hydrogen) atoms. The average Bonchev–Trinajstić information content (AvgIpc) is 2.48. The van der Waals surface area contributed by atoms with Crippen LogP contribution in [0.5, 0.6) is 0 Å². The fourth-order valence-corrected chi connectivity index (χ4v) is 2.92. The molecule has 0 atom stereocenters. The van der Waals surface area contributed by atoms with Gasteiger partial charge in [0.1, 0.15) is 5.82 Å². The molecule has 1 heterocycles. The van der Waals surface area contributed by atoms with Crippen LogP contribution in [-0.2, 0) is 0 Å². The van der Waals surface area contributed by atoms with Gasteiger partial charge in [-0.05, 0) is 38.9 Å². The molecule has 0 spiro atoms. The lowest BCUT2D eigenvalue weighted by Gasteiger charge is -2.29. The number of nitrogens with zero attached hydrogens (tertiary/aromatic N) is 2. The van der Waals surface area contributed by atoms with Crippen LogP contribution in [0.15, 0.2) is 11.4 Å². The molecule has 1 aromatic heterocycles. The van der Waals surface area contributed by atoms with E-state index >= 15 is 0 Å². The zero-order valence-corrected chi connectivity index (χ0v) is 13.4. The summed E-state index contributed by atoms with van der Waals surface area (Å²) in [6.07, 6.45) is 5.69. The number of thioether (sulfide) groups is 1. The maximum atomic E-state index is 11.7. The summed E-state index contributed by atoms with van der Waals surface area (Å²) >= 11 is 1.42. The van der Waals surface area contributed by atoms with Gasteiger partial charge in [-0.1, -0.05) is 11.8 Å². The molecular formula is C14H20N4O3S. The van der Waals surface area contributed by atoms with Crippen molar-refractivity contribution in [3.63, 3.8) is 0 Å². The van der Waals surface area contributed by atoms with Gasteiger partial charge in [-0.3, -0.25) is 4.79 Å². The number of amides is 1. The van der Waals surface area contributed by atoms with Crippen LogP contribution in [-0.4, -0.2) is 45.3 Å². The molecule has 2 rings (SSSR count). The Morgan fingerprint density at radius 3 is 2.45 bits per heavy atom. The van der Waals surface area contributed by atoms with Crippen molar-refractivity contribution in [2.75, 3.05) is 11.6 Å². The lowest BCUT2D eigenvalue weighted by Crippen LogP contribution is -2.39. The number of hydrogen-bond acceptors (Lipinski definition) is 6. The monoisotopic (exact) mass is 324 g/mol. The molecule has 1 fully saturated rings. The van der Waals surface area contributed by atoms with E-state index in [2.05, 4.69) is 20.6 Å². The van der Waals surface area contributed by atoms with Crippen LogP contribution in [0.2, 0.25) is 0 Å². The molecule has 1 saturated carbocycles. The van der Waals surface area contributed by atoms with E-state index in [1.54, 1.807) is 6.20 Å². The standard InChI is InChI=1S/C14H20N4O3S/c1-8(19)11-7-15-13(22-2)18-12(11)16-9-3-5-10(6-4-9)17-14(20)21/h7,9-10,17H,3-6H2,1-2H3,(H,20,21)(H,15,16,18). The molecule has 7 nitrogen and oxygen atoms in total. The van der Waals surface area contributed by atoms with Gasteiger partial charge in [0.05, 0.1) is 5.56 Å². The van der Waals surface area contributed by atoms with Gasteiger partial charge in [0.2, 0.25) is 0 Å². The normalized spacial score (nSPS) is 21.2. The minimum atomic E-state index is -0.976. The van der Waals surface area contributed by atoms with Gasteiger partial charge in [0.15, 0.2) is 10.9 Å². The first kappa shape index (κ1) is 16.5. The van der Waals surface area contributed by atoms with Crippen LogP contribution >= 0.6 is 11.8 Å². The highest BCUT2D eigenvalue weighted by atomic mass is 32.2. The Bertz CT molecular complexity index is 559. The van der Waals surface area contributed by atoms with E-state index < -0.39 is 6.09 Å². The summed E-state index contributed by atoms with van der Waals surface area (Å²) in [5.74, 6) is 0.498. The van der Waals surface area contributed by atoms with Crippen LogP contribution in [0.1, 0.15) is 43.0 Å². The van der Waals surface area contributed by atoms with Gasteiger partial charge in [0, 0.05) is 18.3 Å². The first-order chi connectivity index (χ1) is 10.5. The number of aromatic nitrogens is 2. The molecule has 0 aliphatic heterocycles. The Labute approximate surface area is 133 Å². The molecule has 1 amide bonds. The van der Waals surface area contributed by atoms with Crippen LogP contribution in [0.3, 0.4) is 0 Å². The first-order valence-electron chi connectivity index (χ1n) is 7.17. The maximum absolute atomic E-state index is 11.7. The Morgan fingerprint density at radius 2 is 1.91 bits per heavy atom. The number of carbonyl (C=O) groups is 2. The van der Waals surface area contributed by atoms with E-state index in [9.17, 15) is 9.59 Å². The average molecular weight is 324 g/mol. The second kappa shape index (κ2) is 7.44. The zero-order valence-electron chi connectivity index (χ0n) is 12.6. The number of hydrogen-bond donors (Lipinski definition) is 3. The highest BCUT2D eigenvalue weighted by Crippen LogP contribution is 2.24. The molecule has 0 aromatic carbocycles. The first-order valence-corrected chi connectivity index (χ1v) is 8.40. The highest BCUT2D eigenvalue weighted by Gasteiger charge is 2.23. The molecule has 0 saturated heterocycles. The summed E-state index contributed by atoms with van der Waals surface area (Å²) in [4.78, 5) is 30.8. The number of anilines is 1. The summed E-state index contributed by atoms with van der Waals surface area (Å²) in [5, 5.41) is 15.2. The van der Waals surface area contributed by atoms with Gasteiger partial charge in [-0.15, -0.1) is 0 Å². The van der Waals surface area contributed by atoms with Gasteiger partial charge in [-0.2, -0.15) is 0 Å². The molecule has 8 heteroatoms. The van der Waals surface area contributed by atoms with Crippen molar-refractivity contribution < 1.29 is 14.7 Å². The fraction of sp³-hybridized carbons (Fsp3) is 0.571. The number of carboxylic acid groups (broad SMARTS) is 1. The van der Waals surface area contributed by atoms with Crippen molar-refractivity contribution in [2.24, 2.45) is 0 Å². The third kappa shape index (κ3) is 4.33. The lowest BCUT2D eigenvalue weighted by atomic mass is 9.91. The van der Waals surface area contributed by atoms with E-state index in [0.29, 0.717) is 16.5 Å². The van der Waals surface area contributed by atoms with Gasteiger partial charge in [-0.25, -0.2) is 14.8 Å². The van der Waals surface area contributed by atoms with E-state index in [4.69, 9.17) is 5.11 Å². The Morgan fingerprint density at radius 1 is 1.27 bits per heavy atom. The molecule has 0 unspecified atom stereocenters. The SMILES string of the molecule is CSc1ncc(C(C)=O)c(NC2CCC(NC(=O)O)CC2)n1. The van der Waals surface area contributed by atoms with E-state index in [0.717, 1.165) is 25.7 Å². The molecular weight excluding hydrogens is 304 g/mol. The minimum absolute atomic E-state index is 0.00925. The molecule has 1 aromatic rings. The molecule has 0 bridgehead atoms. The van der Waals surface area contributed by atoms with Crippen molar-refractivity contribution in [3.8, 4) is 0 Å². The number of Topliss-reactive ketones (excluding diaryl/α,β-unsaturated/α-hetero) is 1. The summed E-state index contributed by atoms with van der Waals surface area (Å²) in [6, 6.07) is 0.199.